The van der Waals surface area contributed by atoms with Gasteiger partial charge < -0.3 is 9.64 Å². The minimum absolute atomic E-state index is 0.213. The predicted molar refractivity (Wildman–Crippen MR) is 115 cm³/mol. The number of aryl methyl sites for hydroxylation is 2. The van der Waals surface area contributed by atoms with E-state index in [0.717, 1.165) is 45.0 Å². The Kier molecular flexibility index (Phi) is 7.48. The molecule has 1 saturated heterocycles. The average molecular weight is 402 g/mol. The van der Waals surface area contributed by atoms with Crippen molar-refractivity contribution < 1.29 is 9.53 Å². The molecule has 0 spiro atoms. The number of piperazine rings is 1. The highest BCUT2D eigenvalue weighted by Gasteiger charge is 2.22. The van der Waals surface area contributed by atoms with Crippen LogP contribution in [0.15, 0.2) is 35.7 Å². The van der Waals surface area contributed by atoms with Gasteiger partial charge in [0.05, 0.1) is 6.54 Å². The van der Waals surface area contributed by atoms with Gasteiger partial charge in [-0.25, -0.2) is 0 Å². The summed E-state index contributed by atoms with van der Waals surface area (Å²) in [6.45, 7) is 10.4. The molecule has 6 heteroatoms. The van der Waals surface area contributed by atoms with Crippen LogP contribution in [0.25, 0.3) is 0 Å². The maximum atomic E-state index is 12.6. The van der Waals surface area contributed by atoms with Gasteiger partial charge in [0.1, 0.15) is 12.4 Å². The molecule has 1 aromatic carbocycles. The van der Waals surface area contributed by atoms with E-state index in [1.54, 1.807) is 11.3 Å². The molecule has 28 heavy (non-hydrogen) atoms. The monoisotopic (exact) mass is 401 g/mol. The Hall–Kier alpha value is -1.89. The lowest BCUT2D eigenvalue weighted by Gasteiger charge is -2.35. The molecule has 0 atom stereocenters. The quantitative estimate of drug-likeness (QED) is 0.681. The van der Waals surface area contributed by atoms with Gasteiger partial charge in [0.15, 0.2) is 0 Å². The van der Waals surface area contributed by atoms with Crippen LogP contribution in [0, 0.1) is 13.8 Å². The highest BCUT2D eigenvalue weighted by atomic mass is 32.1. The number of likely N-dealkylation sites (N-methyl/N-ethyl adjacent to an activating group) is 1. The van der Waals surface area contributed by atoms with Crippen LogP contribution in [0.1, 0.15) is 16.0 Å². The van der Waals surface area contributed by atoms with E-state index >= 15 is 0 Å². The van der Waals surface area contributed by atoms with Crippen molar-refractivity contribution in [3.05, 3.63) is 51.7 Å². The number of hydrogen-bond acceptors (Lipinski definition) is 5. The molecule has 1 aliphatic heterocycles. The fourth-order valence-corrected chi connectivity index (χ4v) is 4.27. The summed E-state index contributed by atoms with van der Waals surface area (Å²) in [5.74, 6) is 1.11. The lowest BCUT2D eigenvalue weighted by molar-refractivity contribution is -0.134. The van der Waals surface area contributed by atoms with Crippen LogP contribution in [0.4, 0.5) is 0 Å². The van der Waals surface area contributed by atoms with E-state index in [1.165, 1.54) is 16.0 Å². The number of nitrogens with zero attached hydrogens (tertiary/aromatic N) is 3. The first-order valence-corrected chi connectivity index (χ1v) is 10.8. The SMILES string of the molecule is Cc1cc(C)cc(OCCN(C)CC(=O)N2CCN(Cc3cccs3)CC2)c1. The molecule has 0 bridgehead atoms. The Morgan fingerprint density at radius 1 is 1.14 bits per heavy atom. The number of hydrogen-bond donors (Lipinski definition) is 0. The van der Waals surface area contributed by atoms with Crippen molar-refractivity contribution in [2.45, 2.75) is 20.4 Å². The first-order chi connectivity index (χ1) is 13.5. The summed E-state index contributed by atoms with van der Waals surface area (Å²) in [4.78, 5) is 20.4. The number of carbonyl (C=O) groups excluding carboxylic acids is 1. The van der Waals surface area contributed by atoms with Crippen LogP contribution in [0.2, 0.25) is 0 Å². The molecule has 0 unspecified atom stereocenters. The van der Waals surface area contributed by atoms with Crippen LogP contribution in [0.5, 0.6) is 5.75 Å². The molecule has 0 radical (unpaired) electrons. The molecule has 1 fully saturated rings. The first-order valence-electron chi connectivity index (χ1n) is 9.92. The Morgan fingerprint density at radius 2 is 1.86 bits per heavy atom. The number of benzene rings is 1. The number of rotatable bonds is 8. The molecule has 0 saturated carbocycles. The van der Waals surface area contributed by atoms with E-state index in [2.05, 4.69) is 42.3 Å². The van der Waals surface area contributed by atoms with Crippen LogP contribution in [-0.4, -0.2) is 73.5 Å². The Bertz CT molecular complexity index is 735. The zero-order chi connectivity index (χ0) is 19.9. The van der Waals surface area contributed by atoms with Gasteiger partial charge in [-0.15, -0.1) is 11.3 Å². The fourth-order valence-electron chi connectivity index (χ4n) is 3.52. The molecule has 0 N–H and O–H groups in total. The smallest absolute Gasteiger partial charge is 0.236 e. The first kappa shape index (κ1) is 20.8. The maximum absolute atomic E-state index is 12.6. The van der Waals surface area contributed by atoms with Gasteiger partial charge in [0.25, 0.3) is 0 Å². The Morgan fingerprint density at radius 3 is 2.50 bits per heavy atom. The highest BCUT2D eigenvalue weighted by Crippen LogP contribution is 2.16. The summed E-state index contributed by atoms with van der Waals surface area (Å²) < 4.78 is 5.86. The summed E-state index contributed by atoms with van der Waals surface area (Å²) in [5, 5.41) is 2.12. The van der Waals surface area contributed by atoms with Crippen molar-refractivity contribution in [2.75, 3.05) is 52.9 Å². The molecule has 5 nitrogen and oxygen atoms in total. The van der Waals surface area contributed by atoms with Crippen molar-refractivity contribution in [1.82, 2.24) is 14.7 Å². The molecular formula is C22H31N3O2S. The largest absolute Gasteiger partial charge is 0.492 e. The van der Waals surface area contributed by atoms with E-state index < -0.39 is 0 Å². The van der Waals surface area contributed by atoms with E-state index in [-0.39, 0.29) is 5.91 Å². The van der Waals surface area contributed by atoms with Crippen molar-refractivity contribution in [2.24, 2.45) is 0 Å². The summed E-state index contributed by atoms with van der Waals surface area (Å²) in [6.07, 6.45) is 0. The zero-order valence-corrected chi connectivity index (χ0v) is 18.0. The maximum Gasteiger partial charge on any atom is 0.236 e. The highest BCUT2D eigenvalue weighted by molar-refractivity contribution is 7.09. The van der Waals surface area contributed by atoms with Crippen molar-refractivity contribution in [1.29, 1.82) is 0 Å². The predicted octanol–water partition coefficient (Wildman–Crippen LogP) is 3.02. The van der Waals surface area contributed by atoms with Crippen LogP contribution in [-0.2, 0) is 11.3 Å². The Balaban J connectivity index is 1.35. The van der Waals surface area contributed by atoms with Crippen molar-refractivity contribution >= 4 is 17.2 Å². The second-order valence-corrected chi connectivity index (χ2v) is 8.68. The summed E-state index contributed by atoms with van der Waals surface area (Å²) in [5.41, 5.74) is 2.41. The van der Waals surface area contributed by atoms with Gasteiger partial charge in [0.2, 0.25) is 5.91 Å². The molecule has 3 rings (SSSR count). The van der Waals surface area contributed by atoms with Crippen LogP contribution >= 0.6 is 11.3 Å². The molecule has 2 heterocycles. The normalized spacial score (nSPS) is 15.2. The molecule has 0 aliphatic carbocycles. The second kappa shape index (κ2) is 10.0. The molecular weight excluding hydrogens is 370 g/mol. The fraction of sp³-hybridized carbons (Fsp3) is 0.500. The van der Waals surface area contributed by atoms with Gasteiger partial charge in [0, 0.05) is 44.1 Å². The minimum Gasteiger partial charge on any atom is -0.492 e. The molecule has 2 aromatic rings. The number of amides is 1. The third kappa shape index (κ3) is 6.33. The lowest BCUT2D eigenvalue weighted by atomic mass is 10.1. The van der Waals surface area contributed by atoms with Gasteiger partial charge in [-0.3, -0.25) is 14.6 Å². The standard InChI is InChI=1S/C22H31N3O2S/c1-18-13-19(2)15-20(14-18)27-11-10-23(3)17-22(26)25-8-6-24(7-9-25)16-21-5-4-12-28-21/h4-5,12-15H,6-11,16-17H2,1-3H3. The van der Waals surface area contributed by atoms with Gasteiger partial charge in [-0.1, -0.05) is 12.1 Å². The van der Waals surface area contributed by atoms with Gasteiger partial charge >= 0.3 is 0 Å². The zero-order valence-electron chi connectivity index (χ0n) is 17.2. The molecule has 1 aliphatic rings. The van der Waals surface area contributed by atoms with E-state index in [9.17, 15) is 4.79 Å². The van der Waals surface area contributed by atoms with Gasteiger partial charge in [-0.2, -0.15) is 0 Å². The molecule has 152 valence electrons. The molecule has 1 aromatic heterocycles. The van der Waals surface area contributed by atoms with E-state index in [1.807, 2.05) is 29.0 Å². The molecule has 1 amide bonds. The van der Waals surface area contributed by atoms with Gasteiger partial charge in [-0.05, 0) is 55.6 Å². The number of carbonyl (C=O) groups is 1. The van der Waals surface area contributed by atoms with Crippen LogP contribution < -0.4 is 4.74 Å². The topological polar surface area (TPSA) is 36.0 Å². The second-order valence-electron chi connectivity index (χ2n) is 7.65. The number of ether oxygens (including phenoxy) is 1. The average Bonchev–Trinajstić information content (AvgIpc) is 3.14. The summed E-state index contributed by atoms with van der Waals surface area (Å²) in [6, 6.07) is 10.5. The minimum atomic E-state index is 0.213. The third-order valence-corrected chi connectivity index (χ3v) is 5.89. The van der Waals surface area contributed by atoms with Crippen molar-refractivity contribution in [3.63, 3.8) is 0 Å². The van der Waals surface area contributed by atoms with E-state index in [0.29, 0.717) is 13.2 Å². The number of thiophene rings is 1. The third-order valence-electron chi connectivity index (χ3n) is 5.03. The summed E-state index contributed by atoms with van der Waals surface area (Å²) >= 11 is 1.80. The van der Waals surface area contributed by atoms with Crippen LogP contribution in [0.3, 0.4) is 0 Å². The lowest BCUT2D eigenvalue weighted by Crippen LogP contribution is -2.50. The van der Waals surface area contributed by atoms with Crippen molar-refractivity contribution in [3.8, 4) is 5.75 Å². The Labute approximate surface area is 172 Å². The van der Waals surface area contributed by atoms with E-state index in [4.69, 9.17) is 4.74 Å². The summed E-state index contributed by atoms with van der Waals surface area (Å²) in [7, 11) is 1.98.